The minimum Gasteiger partial charge on any atom is -0.493 e. The number of hydrogen-bond acceptors (Lipinski definition) is 5. The number of nitrogens with zero attached hydrogens (tertiary/aromatic N) is 1. The zero-order valence-corrected chi connectivity index (χ0v) is 15.8. The van der Waals surface area contributed by atoms with Crippen molar-refractivity contribution < 1.29 is 18.7 Å². The number of carbonyl (C=O) groups is 1. The van der Waals surface area contributed by atoms with Crippen LogP contribution in [-0.4, -0.2) is 25.3 Å². The normalized spacial score (nSPS) is 10.8. The quantitative estimate of drug-likeness (QED) is 0.493. The second-order valence-electron chi connectivity index (χ2n) is 5.20. The summed E-state index contributed by atoms with van der Waals surface area (Å²) < 4.78 is 17.0. The fourth-order valence-electron chi connectivity index (χ4n) is 1.92. The molecule has 6 nitrogen and oxygen atoms in total. The molecular weight excluding hydrogens is 388 g/mol. The highest BCUT2D eigenvalue weighted by molar-refractivity contribution is 9.10. The van der Waals surface area contributed by atoms with E-state index < -0.39 is 5.91 Å². The minimum absolute atomic E-state index is 0.176. The van der Waals surface area contributed by atoms with E-state index in [0.717, 1.165) is 24.2 Å². The summed E-state index contributed by atoms with van der Waals surface area (Å²) >= 11 is 3.15. The summed E-state index contributed by atoms with van der Waals surface area (Å²) in [7, 11) is 0. The van der Waals surface area contributed by atoms with Gasteiger partial charge in [-0.3, -0.25) is 4.79 Å². The number of halogens is 1. The summed E-state index contributed by atoms with van der Waals surface area (Å²) in [4.78, 5) is 11.9. The van der Waals surface area contributed by atoms with E-state index >= 15 is 0 Å². The monoisotopic (exact) mass is 408 g/mol. The average Bonchev–Trinajstić information content (AvgIpc) is 3.05. The van der Waals surface area contributed by atoms with E-state index in [1.165, 1.54) is 6.21 Å². The number of hydrazone groups is 1. The highest BCUT2D eigenvalue weighted by atomic mass is 79.9. The Bertz CT molecular complexity index is 728. The first-order valence-electron chi connectivity index (χ1n) is 8.12. The van der Waals surface area contributed by atoms with Crippen molar-refractivity contribution in [3.05, 3.63) is 46.3 Å². The van der Waals surface area contributed by atoms with Gasteiger partial charge in [-0.1, -0.05) is 13.8 Å². The molecule has 0 aliphatic rings. The van der Waals surface area contributed by atoms with Crippen molar-refractivity contribution in [2.75, 3.05) is 13.2 Å². The predicted octanol–water partition coefficient (Wildman–Crippen LogP) is 4.38. The van der Waals surface area contributed by atoms with Crippen molar-refractivity contribution >= 4 is 28.1 Å². The zero-order valence-electron chi connectivity index (χ0n) is 14.3. The second-order valence-corrected chi connectivity index (χ2v) is 5.98. The first-order chi connectivity index (χ1) is 12.1. The maximum Gasteiger partial charge on any atom is 0.307 e. The van der Waals surface area contributed by atoms with Crippen LogP contribution in [0, 0.1) is 0 Å². The Morgan fingerprint density at radius 1 is 1.20 bits per heavy atom. The molecule has 0 saturated carbocycles. The van der Waals surface area contributed by atoms with Gasteiger partial charge < -0.3 is 13.9 Å². The van der Waals surface area contributed by atoms with E-state index in [1.807, 2.05) is 25.1 Å². The van der Waals surface area contributed by atoms with Gasteiger partial charge in [0.05, 0.1) is 19.4 Å². The number of nitrogens with one attached hydrogen (secondary N) is 1. The molecule has 1 N–H and O–H groups in total. The van der Waals surface area contributed by atoms with Crippen molar-refractivity contribution in [2.45, 2.75) is 26.7 Å². The summed E-state index contributed by atoms with van der Waals surface area (Å²) in [6.07, 6.45) is 3.36. The number of hydrogen-bond donors (Lipinski definition) is 1. The van der Waals surface area contributed by atoms with E-state index in [0.29, 0.717) is 23.6 Å². The predicted molar refractivity (Wildman–Crippen MR) is 99.5 cm³/mol. The van der Waals surface area contributed by atoms with Crippen LogP contribution in [0.4, 0.5) is 0 Å². The molecule has 0 aliphatic heterocycles. The fourth-order valence-corrected chi connectivity index (χ4v) is 2.23. The maximum absolute atomic E-state index is 11.9. The molecule has 2 aromatic rings. The lowest BCUT2D eigenvalue weighted by atomic mass is 10.2. The maximum atomic E-state index is 11.9. The molecule has 0 radical (unpaired) electrons. The van der Waals surface area contributed by atoms with Gasteiger partial charge in [0, 0.05) is 11.6 Å². The van der Waals surface area contributed by atoms with Crippen molar-refractivity contribution in [3.63, 3.8) is 0 Å². The summed E-state index contributed by atoms with van der Waals surface area (Å²) in [6.45, 7) is 5.32. The molecule has 2 rings (SSSR count). The molecule has 0 bridgehead atoms. The van der Waals surface area contributed by atoms with E-state index in [9.17, 15) is 4.79 Å². The smallest absolute Gasteiger partial charge is 0.307 e. The topological polar surface area (TPSA) is 73.1 Å². The molecule has 7 heteroatoms. The van der Waals surface area contributed by atoms with Gasteiger partial charge in [0.2, 0.25) is 0 Å². The molecule has 0 aliphatic carbocycles. The van der Waals surface area contributed by atoms with Crippen LogP contribution in [0.5, 0.6) is 11.5 Å². The molecule has 25 heavy (non-hydrogen) atoms. The molecule has 0 fully saturated rings. The van der Waals surface area contributed by atoms with Crippen LogP contribution >= 0.6 is 15.9 Å². The molecule has 0 saturated heterocycles. The molecule has 1 aromatic carbocycles. The van der Waals surface area contributed by atoms with Crippen LogP contribution in [0.25, 0.3) is 0 Å². The Labute approximate surface area is 155 Å². The largest absolute Gasteiger partial charge is 0.493 e. The van der Waals surface area contributed by atoms with Crippen LogP contribution in [0.3, 0.4) is 0 Å². The highest BCUT2D eigenvalue weighted by Gasteiger charge is 2.09. The number of amides is 1. The van der Waals surface area contributed by atoms with Crippen LogP contribution in [0.15, 0.2) is 44.5 Å². The van der Waals surface area contributed by atoms with E-state index in [-0.39, 0.29) is 5.76 Å². The molecule has 0 atom stereocenters. The van der Waals surface area contributed by atoms with Crippen LogP contribution in [0.2, 0.25) is 0 Å². The lowest BCUT2D eigenvalue weighted by Crippen LogP contribution is -2.16. The third kappa shape index (κ3) is 5.94. The van der Waals surface area contributed by atoms with Gasteiger partial charge in [0.15, 0.2) is 10.4 Å². The van der Waals surface area contributed by atoms with Gasteiger partial charge in [-0.15, -0.1) is 0 Å². The molecule has 134 valence electrons. The first kappa shape index (κ1) is 19.1. The number of furan rings is 1. The number of carbonyl (C=O) groups excluding carboxylic acids is 1. The summed E-state index contributed by atoms with van der Waals surface area (Å²) in [6, 6.07) is 8.73. The van der Waals surface area contributed by atoms with Gasteiger partial charge in [-0.25, -0.2) is 5.43 Å². The average molecular weight is 409 g/mol. The Morgan fingerprint density at radius 2 is 1.96 bits per heavy atom. The lowest BCUT2D eigenvalue weighted by Gasteiger charge is -2.11. The van der Waals surface area contributed by atoms with Crippen LogP contribution in [0.1, 0.15) is 42.8 Å². The van der Waals surface area contributed by atoms with E-state index in [4.69, 9.17) is 13.9 Å². The second kappa shape index (κ2) is 9.88. The Morgan fingerprint density at radius 3 is 2.64 bits per heavy atom. The zero-order chi connectivity index (χ0) is 18.1. The van der Waals surface area contributed by atoms with Gasteiger partial charge in [-0.05, 0) is 53.0 Å². The Hall–Kier alpha value is -2.28. The van der Waals surface area contributed by atoms with E-state index in [1.54, 1.807) is 12.1 Å². The fraction of sp³-hybridized carbons (Fsp3) is 0.333. The van der Waals surface area contributed by atoms with Crippen molar-refractivity contribution in [3.8, 4) is 11.5 Å². The third-order valence-electron chi connectivity index (χ3n) is 3.09. The van der Waals surface area contributed by atoms with Crippen molar-refractivity contribution in [2.24, 2.45) is 5.10 Å². The Balaban J connectivity index is 2.06. The van der Waals surface area contributed by atoms with Gasteiger partial charge in [0.1, 0.15) is 11.5 Å². The van der Waals surface area contributed by atoms with Gasteiger partial charge in [-0.2, -0.15) is 5.10 Å². The molecule has 0 spiro atoms. The van der Waals surface area contributed by atoms with E-state index in [2.05, 4.69) is 33.4 Å². The van der Waals surface area contributed by atoms with Gasteiger partial charge in [0.25, 0.3) is 0 Å². The SMILES string of the molecule is CCCOc1ccc(/C=N/NC(=O)c2ccc(Br)o2)c(OCCC)c1. The van der Waals surface area contributed by atoms with Crippen LogP contribution < -0.4 is 14.9 Å². The summed E-state index contributed by atoms with van der Waals surface area (Å²) in [5.41, 5.74) is 3.17. The standard InChI is InChI=1S/C18H21BrN2O4/c1-3-9-23-14-6-5-13(16(11-14)24-10-4-2)12-20-21-18(22)15-7-8-17(19)25-15/h5-8,11-12H,3-4,9-10H2,1-2H3,(H,21,22)/b20-12+. The molecule has 1 amide bonds. The van der Waals surface area contributed by atoms with Crippen molar-refractivity contribution in [1.29, 1.82) is 0 Å². The van der Waals surface area contributed by atoms with Crippen LogP contribution in [-0.2, 0) is 0 Å². The Kier molecular flexibility index (Phi) is 7.53. The molecular formula is C18H21BrN2O4. The van der Waals surface area contributed by atoms with Gasteiger partial charge >= 0.3 is 5.91 Å². The van der Waals surface area contributed by atoms with Crippen molar-refractivity contribution in [1.82, 2.24) is 5.43 Å². The first-order valence-corrected chi connectivity index (χ1v) is 8.91. The number of rotatable bonds is 9. The lowest BCUT2D eigenvalue weighted by molar-refractivity contribution is 0.0926. The molecule has 1 aromatic heterocycles. The number of ether oxygens (including phenoxy) is 2. The summed E-state index contributed by atoms with van der Waals surface area (Å²) in [5.74, 6) is 1.15. The molecule has 1 heterocycles. The third-order valence-corrected chi connectivity index (χ3v) is 3.51. The highest BCUT2D eigenvalue weighted by Crippen LogP contribution is 2.24. The minimum atomic E-state index is -0.430. The molecule has 0 unspecified atom stereocenters. The number of benzene rings is 1. The summed E-state index contributed by atoms with van der Waals surface area (Å²) in [5, 5.41) is 3.97.